The van der Waals surface area contributed by atoms with Crippen LogP contribution < -0.4 is 0 Å². The van der Waals surface area contributed by atoms with E-state index in [0.717, 1.165) is 21.1 Å². The monoisotopic (exact) mass is 368 g/mol. The number of rotatable bonds is 3. The normalized spacial score (nSPS) is 10.5. The van der Waals surface area contributed by atoms with Gasteiger partial charge in [0.15, 0.2) is 0 Å². The van der Waals surface area contributed by atoms with Crippen LogP contribution in [0.15, 0.2) is 53.1 Å². The van der Waals surface area contributed by atoms with Crippen molar-refractivity contribution >= 4 is 32.8 Å². The molecule has 23 heavy (non-hydrogen) atoms. The summed E-state index contributed by atoms with van der Waals surface area (Å²) in [5.74, 6) is -0.335. The van der Waals surface area contributed by atoms with E-state index in [4.69, 9.17) is 4.74 Å². The number of esters is 1. The Morgan fingerprint density at radius 1 is 1.26 bits per heavy atom. The number of nitrogens with zero attached hydrogens (tertiary/aromatic N) is 2. The lowest BCUT2D eigenvalue weighted by atomic mass is 10.2. The Hall–Kier alpha value is -2.58. The van der Waals surface area contributed by atoms with E-state index >= 15 is 0 Å². The van der Waals surface area contributed by atoms with Crippen LogP contribution in [0.4, 0.5) is 0 Å². The second-order valence-corrected chi connectivity index (χ2v) is 5.87. The number of hydrogen-bond donors (Lipinski definition) is 0. The SMILES string of the molecule is CCOC(=O)c1ccc(-n2cc(C#N)c3cc(Br)ccc32)cc1. The van der Waals surface area contributed by atoms with Gasteiger partial charge in [-0.3, -0.25) is 0 Å². The van der Waals surface area contributed by atoms with Crippen LogP contribution in [0, 0.1) is 11.3 Å². The zero-order chi connectivity index (χ0) is 16.4. The Labute approximate surface area is 142 Å². The van der Waals surface area contributed by atoms with Crippen LogP contribution in [0.2, 0.25) is 0 Å². The van der Waals surface area contributed by atoms with Crippen LogP contribution >= 0.6 is 15.9 Å². The summed E-state index contributed by atoms with van der Waals surface area (Å²) in [5.41, 5.74) is 2.94. The average Bonchev–Trinajstić information content (AvgIpc) is 2.93. The minimum absolute atomic E-state index is 0.335. The fourth-order valence-electron chi connectivity index (χ4n) is 2.48. The molecule has 0 bridgehead atoms. The van der Waals surface area contributed by atoms with E-state index in [0.29, 0.717) is 17.7 Å². The van der Waals surface area contributed by atoms with Gasteiger partial charge < -0.3 is 9.30 Å². The van der Waals surface area contributed by atoms with Crippen LogP contribution in [0.1, 0.15) is 22.8 Å². The van der Waals surface area contributed by atoms with Crippen molar-refractivity contribution in [2.45, 2.75) is 6.92 Å². The zero-order valence-electron chi connectivity index (χ0n) is 12.4. The lowest BCUT2D eigenvalue weighted by Gasteiger charge is -2.07. The highest BCUT2D eigenvalue weighted by molar-refractivity contribution is 9.10. The summed E-state index contributed by atoms with van der Waals surface area (Å²) in [6, 6.07) is 15.2. The minimum Gasteiger partial charge on any atom is -0.462 e. The van der Waals surface area contributed by atoms with E-state index in [2.05, 4.69) is 22.0 Å². The zero-order valence-corrected chi connectivity index (χ0v) is 14.0. The lowest BCUT2D eigenvalue weighted by molar-refractivity contribution is 0.0526. The van der Waals surface area contributed by atoms with Gasteiger partial charge in [-0.25, -0.2) is 4.79 Å². The second kappa shape index (κ2) is 6.27. The topological polar surface area (TPSA) is 55.0 Å². The van der Waals surface area contributed by atoms with Crippen molar-refractivity contribution in [3.05, 3.63) is 64.3 Å². The van der Waals surface area contributed by atoms with Crippen molar-refractivity contribution < 1.29 is 9.53 Å². The molecule has 0 atom stereocenters. The number of nitriles is 1. The van der Waals surface area contributed by atoms with Gasteiger partial charge in [-0.05, 0) is 49.4 Å². The number of aromatic nitrogens is 1. The molecule has 0 spiro atoms. The summed E-state index contributed by atoms with van der Waals surface area (Å²) < 4.78 is 7.85. The first-order valence-corrected chi connectivity index (χ1v) is 7.91. The summed E-state index contributed by atoms with van der Waals surface area (Å²) in [6.07, 6.45) is 1.80. The first kappa shape index (κ1) is 15.3. The molecule has 5 heteroatoms. The molecule has 0 amide bonds. The van der Waals surface area contributed by atoms with E-state index < -0.39 is 0 Å². The Morgan fingerprint density at radius 3 is 2.65 bits per heavy atom. The molecule has 1 aromatic heterocycles. The van der Waals surface area contributed by atoms with E-state index in [1.165, 1.54) is 0 Å². The molecule has 0 aliphatic heterocycles. The second-order valence-electron chi connectivity index (χ2n) is 4.95. The molecule has 0 N–H and O–H groups in total. The maximum atomic E-state index is 11.7. The third kappa shape index (κ3) is 2.86. The fraction of sp³-hybridized carbons (Fsp3) is 0.111. The van der Waals surface area contributed by atoms with Crippen LogP contribution in [-0.2, 0) is 4.74 Å². The van der Waals surface area contributed by atoms with Gasteiger partial charge in [0.2, 0.25) is 0 Å². The highest BCUT2D eigenvalue weighted by atomic mass is 79.9. The molecule has 0 radical (unpaired) electrons. The standard InChI is InChI=1S/C18H13BrN2O2/c1-2-23-18(22)12-3-6-15(7-4-12)21-11-13(10-20)16-9-14(19)5-8-17(16)21/h3-9,11H,2H2,1H3. The Kier molecular flexibility index (Phi) is 4.18. The van der Waals surface area contributed by atoms with Crippen molar-refractivity contribution in [3.63, 3.8) is 0 Å². The van der Waals surface area contributed by atoms with Gasteiger partial charge in [0.25, 0.3) is 0 Å². The molecule has 0 aliphatic rings. The molecule has 4 nitrogen and oxygen atoms in total. The summed E-state index contributed by atoms with van der Waals surface area (Å²) in [7, 11) is 0. The number of halogens is 1. The molecule has 114 valence electrons. The largest absolute Gasteiger partial charge is 0.462 e. The van der Waals surface area contributed by atoms with Gasteiger partial charge in [-0.15, -0.1) is 0 Å². The third-order valence-corrected chi connectivity index (χ3v) is 4.04. The van der Waals surface area contributed by atoms with Crippen LogP contribution in [0.25, 0.3) is 16.6 Å². The van der Waals surface area contributed by atoms with Gasteiger partial charge in [0, 0.05) is 21.7 Å². The molecule has 1 heterocycles. The molecule has 0 aliphatic carbocycles. The molecular formula is C18H13BrN2O2. The Bertz CT molecular complexity index is 921. The fourth-order valence-corrected chi connectivity index (χ4v) is 2.84. The molecular weight excluding hydrogens is 356 g/mol. The maximum absolute atomic E-state index is 11.7. The number of carbonyl (C=O) groups is 1. The van der Waals surface area contributed by atoms with Crippen molar-refractivity contribution in [1.82, 2.24) is 4.57 Å². The van der Waals surface area contributed by atoms with E-state index in [1.54, 1.807) is 25.3 Å². The van der Waals surface area contributed by atoms with Gasteiger partial charge in [-0.2, -0.15) is 5.26 Å². The predicted molar refractivity (Wildman–Crippen MR) is 91.6 cm³/mol. The van der Waals surface area contributed by atoms with Crippen LogP contribution in [0.3, 0.4) is 0 Å². The molecule has 0 saturated heterocycles. The number of hydrogen-bond acceptors (Lipinski definition) is 3. The van der Waals surface area contributed by atoms with Crippen molar-refractivity contribution in [1.29, 1.82) is 5.26 Å². The van der Waals surface area contributed by atoms with E-state index in [-0.39, 0.29) is 5.97 Å². The third-order valence-electron chi connectivity index (χ3n) is 3.54. The van der Waals surface area contributed by atoms with Crippen molar-refractivity contribution in [2.24, 2.45) is 0 Å². The Balaban J connectivity index is 2.07. The first-order valence-electron chi connectivity index (χ1n) is 7.12. The van der Waals surface area contributed by atoms with Crippen LogP contribution in [0.5, 0.6) is 0 Å². The number of carbonyl (C=O) groups excluding carboxylic acids is 1. The summed E-state index contributed by atoms with van der Waals surface area (Å²) in [6.45, 7) is 2.13. The summed E-state index contributed by atoms with van der Waals surface area (Å²) >= 11 is 3.43. The average molecular weight is 369 g/mol. The van der Waals surface area contributed by atoms with Gasteiger partial charge in [-0.1, -0.05) is 15.9 Å². The molecule has 0 saturated carbocycles. The van der Waals surface area contributed by atoms with Gasteiger partial charge >= 0.3 is 5.97 Å². The highest BCUT2D eigenvalue weighted by Gasteiger charge is 2.11. The predicted octanol–water partition coefficient (Wildman–Crippen LogP) is 4.44. The van der Waals surface area contributed by atoms with E-state index in [9.17, 15) is 10.1 Å². The van der Waals surface area contributed by atoms with Gasteiger partial charge in [0.05, 0.1) is 23.3 Å². The van der Waals surface area contributed by atoms with Gasteiger partial charge in [0.1, 0.15) is 6.07 Å². The van der Waals surface area contributed by atoms with E-state index in [1.807, 2.05) is 34.9 Å². The quantitative estimate of drug-likeness (QED) is 0.642. The summed E-state index contributed by atoms with van der Waals surface area (Å²) in [4.78, 5) is 11.7. The number of benzene rings is 2. The maximum Gasteiger partial charge on any atom is 0.338 e. The van der Waals surface area contributed by atoms with Crippen LogP contribution in [-0.4, -0.2) is 17.1 Å². The summed E-state index contributed by atoms with van der Waals surface area (Å²) in [5, 5.41) is 10.2. The minimum atomic E-state index is -0.335. The molecule has 0 fully saturated rings. The van der Waals surface area contributed by atoms with Crippen molar-refractivity contribution in [3.8, 4) is 11.8 Å². The number of ether oxygens (including phenoxy) is 1. The van der Waals surface area contributed by atoms with Crippen molar-refractivity contribution in [2.75, 3.05) is 6.61 Å². The highest BCUT2D eigenvalue weighted by Crippen LogP contribution is 2.27. The molecule has 2 aromatic carbocycles. The first-order chi connectivity index (χ1) is 11.1. The number of fused-ring (bicyclic) bond motifs is 1. The smallest absolute Gasteiger partial charge is 0.338 e. The molecule has 3 rings (SSSR count). The Morgan fingerprint density at radius 2 is 2.00 bits per heavy atom. The molecule has 3 aromatic rings. The molecule has 0 unspecified atom stereocenters. The lowest BCUT2D eigenvalue weighted by Crippen LogP contribution is -2.04.